The van der Waals surface area contributed by atoms with E-state index in [1.165, 1.54) is 0 Å². The maximum atomic E-state index is 10.8. The molecule has 0 radical (unpaired) electrons. The predicted molar refractivity (Wildman–Crippen MR) is 72.3 cm³/mol. The van der Waals surface area contributed by atoms with Crippen molar-refractivity contribution >= 4 is 21.9 Å². The van der Waals surface area contributed by atoms with Gasteiger partial charge < -0.3 is 9.84 Å². The van der Waals surface area contributed by atoms with Crippen LogP contribution in [-0.4, -0.2) is 11.1 Å². The monoisotopic (exact) mass is 306 g/mol. The first kappa shape index (κ1) is 12.6. The minimum Gasteiger partial charge on any atom is -0.480 e. The topological polar surface area (TPSA) is 46.5 Å². The molecule has 0 saturated carbocycles. The lowest BCUT2D eigenvalue weighted by molar-refractivity contribution is -0.136. The fraction of sp³-hybridized carbons (Fsp3) is 0.0714. The number of carboxylic acid groups (broad SMARTS) is 1. The van der Waals surface area contributed by atoms with Crippen LogP contribution in [0.4, 0.5) is 0 Å². The molecule has 2 aromatic rings. The van der Waals surface area contributed by atoms with Crippen LogP contribution in [0.1, 0.15) is 10.4 Å². The molecule has 0 aliphatic heterocycles. The fourth-order valence-corrected chi connectivity index (χ4v) is 1.78. The SMILES string of the molecule is O=C(O)C(Br)c1ccc(Oc2ccccc2)cc1. The minimum absolute atomic E-state index is 0.676. The van der Waals surface area contributed by atoms with Crippen LogP contribution in [0.3, 0.4) is 0 Å². The van der Waals surface area contributed by atoms with Gasteiger partial charge in [0.05, 0.1) is 0 Å². The quantitative estimate of drug-likeness (QED) is 0.868. The van der Waals surface area contributed by atoms with E-state index in [0.717, 1.165) is 5.75 Å². The Bertz CT molecular complexity index is 522. The van der Waals surface area contributed by atoms with Gasteiger partial charge in [0.15, 0.2) is 0 Å². The third kappa shape index (κ3) is 3.11. The molecule has 92 valence electrons. The van der Waals surface area contributed by atoms with Gasteiger partial charge in [-0.3, -0.25) is 4.79 Å². The predicted octanol–water partition coefficient (Wildman–Crippen LogP) is 4.00. The standard InChI is InChI=1S/C14H11BrO3/c15-13(14(16)17)10-6-8-12(9-7-10)18-11-4-2-1-3-5-11/h1-9,13H,(H,16,17). The van der Waals surface area contributed by atoms with E-state index in [1.54, 1.807) is 24.3 Å². The van der Waals surface area contributed by atoms with Gasteiger partial charge in [0.2, 0.25) is 0 Å². The van der Waals surface area contributed by atoms with E-state index in [-0.39, 0.29) is 0 Å². The van der Waals surface area contributed by atoms with E-state index < -0.39 is 10.8 Å². The second kappa shape index (κ2) is 5.69. The number of para-hydroxylation sites is 1. The third-order valence-corrected chi connectivity index (χ3v) is 3.29. The van der Waals surface area contributed by atoms with Crippen molar-refractivity contribution in [1.82, 2.24) is 0 Å². The molecule has 4 heteroatoms. The molecule has 0 aromatic heterocycles. The number of alkyl halides is 1. The van der Waals surface area contributed by atoms with Gasteiger partial charge >= 0.3 is 5.97 Å². The molecule has 3 nitrogen and oxygen atoms in total. The second-order valence-electron chi connectivity index (χ2n) is 3.68. The lowest BCUT2D eigenvalue weighted by Crippen LogP contribution is -2.03. The molecule has 18 heavy (non-hydrogen) atoms. The van der Waals surface area contributed by atoms with Crippen LogP contribution in [0, 0.1) is 0 Å². The van der Waals surface area contributed by atoms with Crippen LogP contribution in [0.5, 0.6) is 11.5 Å². The summed E-state index contributed by atoms with van der Waals surface area (Å²) in [7, 11) is 0. The molecule has 0 heterocycles. The van der Waals surface area contributed by atoms with E-state index in [2.05, 4.69) is 15.9 Å². The Balaban J connectivity index is 2.11. The maximum Gasteiger partial charge on any atom is 0.321 e. The second-order valence-corrected chi connectivity index (χ2v) is 4.60. The normalized spacial score (nSPS) is 11.8. The summed E-state index contributed by atoms with van der Waals surface area (Å²) in [6.45, 7) is 0. The fourth-order valence-electron chi connectivity index (χ4n) is 1.47. The molecule has 0 saturated heterocycles. The first-order valence-corrected chi connectivity index (χ1v) is 6.28. The van der Waals surface area contributed by atoms with Crippen molar-refractivity contribution < 1.29 is 14.6 Å². The average Bonchev–Trinajstić information content (AvgIpc) is 2.40. The number of aliphatic carboxylic acids is 1. The first-order chi connectivity index (χ1) is 8.66. The van der Waals surface area contributed by atoms with E-state index in [9.17, 15) is 4.79 Å². The summed E-state index contributed by atoms with van der Waals surface area (Å²) in [6.07, 6.45) is 0. The van der Waals surface area contributed by atoms with Crippen LogP contribution in [0.15, 0.2) is 54.6 Å². The molecule has 1 atom stereocenters. The number of hydrogen-bond acceptors (Lipinski definition) is 2. The number of hydrogen-bond donors (Lipinski definition) is 1. The Labute approximate surface area is 113 Å². The largest absolute Gasteiger partial charge is 0.480 e. The van der Waals surface area contributed by atoms with E-state index >= 15 is 0 Å². The molecule has 0 aliphatic rings. The van der Waals surface area contributed by atoms with Gasteiger partial charge in [-0.25, -0.2) is 0 Å². The van der Waals surface area contributed by atoms with Crippen molar-refractivity contribution in [3.8, 4) is 11.5 Å². The van der Waals surface area contributed by atoms with Gasteiger partial charge in [0, 0.05) is 0 Å². The molecule has 0 spiro atoms. The van der Waals surface area contributed by atoms with Crippen molar-refractivity contribution in [3.63, 3.8) is 0 Å². The number of ether oxygens (including phenoxy) is 1. The zero-order valence-corrected chi connectivity index (χ0v) is 11.0. The van der Waals surface area contributed by atoms with Crippen LogP contribution in [-0.2, 0) is 4.79 Å². The summed E-state index contributed by atoms with van der Waals surface area (Å²) >= 11 is 3.10. The molecular weight excluding hydrogens is 296 g/mol. The highest BCUT2D eigenvalue weighted by atomic mass is 79.9. The number of carboxylic acids is 1. The highest BCUT2D eigenvalue weighted by Crippen LogP contribution is 2.27. The first-order valence-electron chi connectivity index (χ1n) is 5.36. The highest BCUT2D eigenvalue weighted by Gasteiger charge is 2.15. The Morgan fingerprint density at radius 2 is 1.56 bits per heavy atom. The van der Waals surface area contributed by atoms with Gasteiger partial charge in [-0.15, -0.1) is 0 Å². The van der Waals surface area contributed by atoms with E-state index in [0.29, 0.717) is 11.3 Å². The average molecular weight is 307 g/mol. The summed E-state index contributed by atoms with van der Waals surface area (Å²) in [6, 6.07) is 16.4. The lowest BCUT2D eigenvalue weighted by atomic mass is 10.1. The van der Waals surface area contributed by atoms with Crippen LogP contribution < -0.4 is 4.74 Å². The summed E-state index contributed by atoms with van der Waals surface area (Å²) in [5.41, 5.74) is 0.683. The highest BCUT2D eigenvalue weighted by molar-refractivity contribution is 9.09. The summed E-state index contributed by atoms with van der Waals surface area (Å²) in [5, 5.41) is 8.86. The molecule has 0 aliphatic carbocycles. The Morgan fingerprint density at radius 3 is 2.11 bits per heavy atom. The van der Waals surface area contributed by atoms with Gasteiger partial charge in [-0.05, 0) is 29.8 Å². The van der Waals surface area contributed by atoms with E-state index in [1.807, 2.05) is 30.3 Å². The molecule has 1 N–H and O–H groups in total. The number of benzene rings is 2. The molecule has 2 rings (SSSR count). The third-order valence-electron chi connectivity index (χ3n) is 2.37. The van der Waals surface area contributed by atoms with Crippen molar-refractivity contribution in [2.75, 3.05) is 0 Å². The Kier molecular flexibility index (Phi) is 3.99. The van der Waals surface area contributed by atoms with Crippen molar-refractivity contribution in [2.24, 2.45) is 0 Å². The lowest BCUT2D eigenvalue weighted by Gasteiger charge is -2.08. The summed E-state index contributed by atoms with van der Waals surface area (Å²) < 4.78 is 5.61. The molecule has 0 fully saturated rings. The minimum atomic E-state index is -0.910. The molecule has 0 bridgehead atoms. The Morgan fingerprint density at radius 1 is 1.00 bits per heavy atom. The number of rotatable bonds is 4. The molecule has 1 unspecified atom stereocenters. The van der Waals surface area contributed by atoms with Crippen molar-refractivity contribution in [2.45, 2.75) is 4.83 Å². The summed E-state index contributed by atoms with van der Waals surface area (Å²) in [5.74, 6) is 0.514. The van der Waals surface area contributed by atoms with Crippen LogP contribution in [0.25, 0.3) is 0 Å². The molecular formula is C14H11BrO3. The number of halogens is 1. The van der Waals surface area contributed by atoms with Gasteiger partial charge in [-0.2, -0.15) is 0 Å². The Hall–Kier alpha value is -1.81. The van der Waals surface area contributed by atoms with Crippen LogP contribution in [0.2, 0.25) is 0 Å². The summed E-state index contributed by atoms with van der Waals surface area (Å²) in [4.78, 5) is 10.1. The molecule has 0 amide bonds. The van der Waals surface area contributed by atoms with Gasteiger partial charge in [0.1, 0.15) is 16.3 Å². The number of carbonyl (C=O) groups is 1. The zero-order valence-electron chi connectivity index (χ0n) is 9.42. The van der Waals surface area contributed by atoms with Crippen LogP contribution >= 0.6 is 15.9 Å². The zero-order chi connectivity index (χ0) is 13.0. The van der Waals surface area contributed by atoms with Crippen molar-refractivity contribution in [3.05, 3.63) is 60.2 Å². The van der Waals surface area contributed by atoms with E-state index in [4.69, 9.17) is 9.84 Å². The smallest absolute Gasteiger partial charge is 0.321 e. The van der Waals surface area contributed by atoms with Gasteiger partial charge in [0.25, 0.3) is 0 Å². The maximum absolute atomic E-state index is 10.8. The van der Waals surface area contributed by atoms with Gasteiger partial charge in [-0.1, -0.05) is 46.3 Å². The van der Waals surface area contributed by atoms with Crippen molar-refractivity contribution in [1.29, 1.82) is 0 Å². The molecule has 2 aromatic carbocycles.